The van der Waals surface area contributed by atoms with E-state index in [0.717, 1.165) is 69.3 Å². The van der Waals surface area contributed by atoms with Gasteiger partial charge >= 0.3 is 6.18 Å². The van der Waals surface area contributed by atoms with Gasteiger partial charge in [0.05, 0.1) is 12.2 Å². The molecule has 1 N–H and O–H groups in total. The van der Waals surface area contributed by atoms with E-state index in [1.807, 2.05) is 84.9 Å². The summed E-state index contributed by atoms with van der Waals surface area (Å²) in [6, 6.07) is 48.3. The number of unbranched alkanes of at least 4 members (excludes halogenated alkanes) is 3. The van der Waals surface area contributed by atoms with E-state index in [4.69, 9.17) is 9.47 Å². The predicted octanol–water partition coefficient (Wildman–Crippen LogP) is 19.3. The minimum atomic E-state index is -4.62. The molecule has 0 bridgehead atoms. The molecule has 77 heavy (non-hydrogen) atoms. The lowest BCUT2D eigenvalue weighted by Gasteiger charge is -2.38. The molecule has 11 rings (SSSR count). The quantitative estimate of drug-likeness (QED) is 0.0822. The summed E-state index contributed by atoms with van der Waals surface area (Å²) in [5.74, 6) is 1.89. The van der Waals surface area contributed by atoms with Crippen molar-refractivity contribution in [1.29, 1.82) is 0 Å². The van der Waals surface area contributed by atoms with E-state index in [0.29, 0.717) is 62.7 Å². The second-order valence-corrected chi connectivity index (χ2v) is 22.0. The van der Waals surface area contributed by atoms with Gasteiger partial charge in [-0.25, -0.2) is 4.39 Å². The van der Waals surface area contributed by atoms with Crippen LogP contribution in [-0.4, -0.2) is 12.5 Å². The van der Waals surface area contributed by atoms with Crippen LogP contribution in [0.2, 0.25) is 0 Å². The van der Waals surface area contributed by atoms with Crippen LogP contribution in [0.5, 0.6) is 11.5 Å². The maximum Gasteiger partial charge on any atom is 0.416 e. The number of hydrogen-bond acceptors (Lipinski definition) is 3. The van der Waals surface area contributed by atoms with Crippen molar-refractivity contribution in [3.05, 3.63) is 214 Å². The van der Waals surface area contributed by atoms with E-state index < -0.39 is 28.6 Å². The lowest BCUT2D eigenvalue weighted by Crippen LogP contribution is -2.35. The van der Waals surface area contributed by atoms with Crippen molar-refractivity contribution in [2.45, 2.75) is 115 Å². The SMILES string of the molecule is CCCCCC1CCC(c2ccc(-c3ccc(NC(=O)c4ccc(-c5ccc6c(c5)-c5c(c7c(c8cc(C(F)(F)F)ccc58)OC(c5ccc(F)cc5)(c5ccc(OCCCC)cc5)C=C7)C6(C)C)cc4)cc3)cc2)CC1. The van der Waals surface area contributed by atoms with Crippen LogP contribution in [0.4, 0.5) is 23.2 Å². The third kappa shape index (κ3) is 10.1. The molecule has 0 spiro atoms. The maximum absolute atomic E-state index is 14.7. The first-order valence-electron chi connectivity index (χ1n) is 27.6. The summed E-state index contributed by atoms with van der Waals surface area (Å²) in [5.41, 5.74) is 9.69. The van der Waals surface area contributed by atoms with Gasteiger partial charge in [0.2, 0.25) is 0 Å². The highest BCUT2D eigenvalue weighted by atomic mass is 19.4. The molecule has 4 nitrogen and oxygen atoms in total. The van der Waals surface area contributed by atoms with Gasteiger partial charge in [-0.3, -0.25) is 4.79 Å². The fourth-order valence-corrected chi connectivity index (χ4v) is 12.3. The van der Waals surface area contributed by atoms with Gasteiger partial charge in [0, 0.05) is 38.7 Å². The molecule has 1 saturated carbocycles. The Labute approximate surface area is 450 Å². The highest BCUT2D eigenvalue weighted by Gasteiger charge is 2.45. The van der Waals surface area contributed by atoms with Gasteiger partial charge in [0.15, 0.2) is 5.60 Å². The molecular formula is C69H65F4NO3. The Balaban J connectivity index is 0.861. The van der Waals surface area contributed by atoms with Crippen molar-refractivity contribution in [3.8, 4) is 44.9 Å². The maximum atomic E-state index is 14.7. The number of rotatable bonds is 15. The fourth-order valence-electron chi connectivity index (χ4n) is 12.3. The molecule has 3 aliphatic rings. The molecular weight excluding hydrogens is 967 g/mol. The number of carbonyl (C=O) groups is 1. The zero-order valence-corrected chi connectivity index (χ0v) is 44.3. The summed E-state index contributed by atoms with van der Waals surface area (Å²) >= 11 is 0. The first-order valence-corrected chi connectivity index (χ1v) is 27.6. The number of fused-ring (bicyclic) bond motifs is 8. The number of benzene rings is 8. The molecule has 0 radical (unpaired) electrons. The average Bonchev–Trinajstić information content (AvgIpc) is 3.93. The van der Waals surface area contributed by atoms with Crippen LogP contribution < -0.4 is 14.8 Å². The van der Waals surface area contributed by atoms with Crippen molar-refractivity contribution >= 4 is 28.4 Å². The molecule has 1 aliphatic heterocycles. The van der Waals surface area contributed by atoms with Gasteiger partial charge in [-0.2, -0.15) is 13.2 Å². The lowest BCUT2D eigenvalue weighted by molar-refractivity contribution is -0.137. The van der Waals surface area contributed by atoms with E-state index in [2.05, 4.69) is 75.5 Å². The van der Waals surface area contributed by atoms with Crippen molar-refractivity contribution in [1.82, 2.24) is 0 Å². The van der Waals surface area contributed by atoms with Crippen LogP contribution in [0.15, 0.2) is 164 Å². The number of halogens is 4. The molecule has 1 unspecified atom stereocenters. The highest BCUT2D eigenvalue weighted by molar-refractivity contribution is 6.09. The molecule has 8 aromatic rings. The first-order chi connectivity index (χ1) is 37.2. The number of alkyl halides is 3. The monoisotopic (exact) mass is 1030 g/mol. The molecule has 8 aromatic carbocycles. The number of amides is 1. The standard InChI is InChI=1S/C69H65F4NO3/c1-5-7-9-10-44-11-13-45(14-12-44)46-15-17-47(18-16-46)48-23-33-56(34-24-48)74-66(75)50-21-19-49(20-22-50)51-25-38-62-61(42-51)63-58-37-30-54(69(71,72)73)43-60(58)65-59(64(63)67(62,3)4)39-40-68(77-65,52-26-31-55(70)32-27-52)53-28-35-57(36-29-53)76-41-8-6-2/h15-40,42-45H,5-14,41H2,1-4H3,(H,74,75). The molecule has 8 heteroatoms. The van der Waals surface area contributed by atoms with E-state index in [1.54, 1.807) is 18.2 Å². The molecule has 1 atom stereocenters. The largest absolute Gasteiger partial charge is 0.494 e. The zero-order chi connectivity index (χ0) is 53.5. The Bertz CT molecular complexity index is 3460. The van der Waals surface area contributed by atoms with Gasteiger partial charge in [0.25, 0.3) is 5.91 Å². The van der Waals surface area contributed by atoms with Gasteiger partial charge in [-0.1, -0.05) is 157 Å². The summed E-state index contributed by atoms with van der Waals surface area (Å²) < 4.78 is 71.9. The van der Waals surface area contributed by atoms with E-state index in [9.17, 15) is 22.4 Å². The van der Waals surface area contributed by atoms with Crippen molar-refractivity contribution in [2.75, 3.05) is 11.9 Å². The third-order valence-corrected chi connectivity index (χ3v) is 16.7. The molecule has 1 fully saturated rings. The van der Waals surface area contributed by atoms with Crippen LogP contribution >= 0.6 is 0 Å². The summed E-state index contributed by atoms with van der Waals surface area (Å²) in [7, 11) is 0. The van der Waals surface area contributed by atoms with Gasteiger partial charge in [-0.15, -0.1) is 0 Å². The highest BCUT2D eigenvalue weighted by Crippen LogP contribution is 2.59. The fraction of sp³-hybridized carbons (Fsp3) is 0.290. The van der Waals surface area contributed by atoms with Crippen molar-refractivity contribution < 1.29 is 31.8 Å². The minimum Gasteiger partial charge on any atom is -0.494 e. The molecule has 1 amide bonds. The van der Waals surface area contributed by atoms with Crippen LogP contribution in [0.3, 0.4) is 0 Å². The van der Waals surface area contributed by atoms with Crippen LogP contribution in [-0.2, 0) is 17.2 Å². The van der Waals surface area contributed by atoms with Gasteiger partial charge < -0.3 is 14.8 Å². The van der Waals surface area contributed by atoms with E-state index in [1.165, 1.54) is 75.1 Å². The number of nitrogens with one attached hydrogen (secondary N) is 1. The van der Waals surface area contributed by atoms with Gasteiger partial charge in [0.1, 0.15) is 17.3 Å². The molecule has 0 saturated heterocycles. The number of carbonyl (C=O) groups excluding carboxylic acids is 1. The average molecular weight is 1030 g/mol. The minimum absolute atomic E-state index is 0.222. The number of hydrogen-bond donors (Lipinski definition) is 1. The van der Waals surface area contributed by atoms with Gasteiger partial charge in [-0.05, 0) is 172 Å². The van der Waals surface area contributed by atoms with Crippen molar-refractivity contribution in [3.63, 3.8) is 0 Å². The Kier molecular flexibility index (Phi) is 14.2. The smallest absolute Gasteiger partial charge is 0.416 e. The second kappa shape index (κ2) is 21.2. The second-order valence-electron chi connectivity index (χ2n) is 22.0. The zero-order valence-electron chi connectivity index (χ0n) is 44.3. The summed E-state index contributed by atoms with van der Waals surface area (Å²) in [5, 5.41) is 4.01. The first kappa shape index (κ1) is 51.6. The van der Waals surface area contributed by atoms with Crippen LogP contribution in [0.25, 0.3) is 50.2 Å². The predicted molar refractivity (Wildman–Crippen MR) is 304 cm³/mol. The van der Waals surface area contributed by atoms with E-state index >= 15 is 0 Å². The van der Waals surface area contributed by atoms with E-state index in [-0.39, 0.29) is 5.91 Å². The molecule has 392 valence electrons. The Morgan fingerprint density at radius 2 is 1.30 bits per heavy atom. The van der Waals surface area contributed by atoms with Crippen LogP contribution in [0.1, 0.15) is 147 Å². The Hall–Kier alpha value is -7.45. The summed E-state index contributed by atoms with van der Waals surface area (Å²) in [6.07, 6.45) is 11.8. The lowest BCUT2D eigenvalue weighted by atomic mass is 9.76. The number of ether oxygens (including phenoxy) is 2. The number of anilines is 1. The molecule has 1 heterocycles. The Morgan fingerprint density at radius 1 is 0.675 bits per heavy atom. The Morgan fingerprint density at radius 3 is 1.96 bits per heavy atom. The topological polar surface area (TPSA) is 47.6 Å². The molecule has 2 aliphatic carbocycles. The summed E-state index contributed by atoms with van der Waals surface area (Å²) in [6.45, 7) is 9.22. The normalized spacial score (nSPS) is 18.3. The third-order valence-electron chi connectivity index (χ3n) is 16.7. The van der Waals surface area contributed by atoms with Crippen molar-refractivity contribution in [2.24, 2.45) is 5.92 Å². The molecule has 0 aromatic heterocycles. The van der Waals surface area contributed by atoms with Crippen LogP contribution in [0, 0.1) is 11.7 Å². The summed E-state index contributed by atoms with van der Waals surface area (Å²) in [4.78, 5) is 13.6.